The molecule has 5 nitrogen and oxygen atoms in total. The van der Waals surface area contributed by atoms with Gasteiger partial charge in [0, 0.05) is 49.0 Å². The average molecular weight is 389 g/mol. The summed E-state index contributed by atoms with van der Waals surface area (Å²) < 4.78 is 5.90. The van der Waals surface area contributed by atoms with Gasteiger partial charge in [0.05, 0.1) is 13.2 Å². The molecule has 150 valence electrons. The summed E-state index contributed by atoms with van der Waals surface area (Å²) >= 11 is 0. The van der Waals surface area contributed by atoms with Crippen molar-refractivity contribution in [1.82, 2.24) is 14.8 Å². The fourth-order valence-electron chi connectivity index (χ4n) is 4.73. The number of ether oxygens (including phenoxy) is 1. The molecule has 0 aliphatic carbocycles. The second kappa shape index (κ2) is 8.01. The van der Waals surface area contributed by atoms with Gasteiger partial charge >= 0.3 is 0 Å². The van der Waals surface area contributed by atoms with E-state index in [4.69, 9.17) is 4.74 Å². The number of H-pyrrole nitrogens is 1. The molecule has 2 fully saturated rings. The van der Waals surface area contributed by atoms with Gasteiger partial charge in [0.2, 0.25) is 0 Å². The highest BCUT2D eigenvalue weighted by atomic mass is 16.5. The van der Waals surface area contributed by atoms with E-state index in [-0.39, 0.29) is 5.91 Å². The van der Waals surface area contributed by atoms with Gasteiger partial charge in [-0.2, -0.15) is 0 Å². The van der Waals surface area contributed by atoms with E-state index in [0.717, 1.165) is 56.7 Å². The summed E-state index contributed by atoms with van der Waals surface area (Å²) in [5, 5.41) is 1.08. The van der Waals surface area contributed by atoms with E-state index in [1.807, 2.05) is 35.2 Å². The Morgan fingerprint density at radius 2 is 1.90 bits per heavy atom. The predicted octanol–water partition coefficient (Wildman–Crippen LogP) is 3.53. The van der Waals surface area contributed by atoms with E-state index >= 15 is 0 Å². The van der Waals surface area contributed by atoms with Crippen molar-refractivity contribution in [3.63, 3.8) is 0 Å². The maximum Gasteiger partial charge on any atom is 0.270 e. The molecular formula is C24H27N3O2. The summed E-state index contributed by atoms with van der Waals surface area (Å²) in [4.78, 5) is 21.1. The van der Waals surface area contributed by atoms with E-state index in [2.05, 4.69) is 40.2 Å². The summed E-state index contributed by atoms with van der Waals surface area (Å²) in [6.45, 7) is 4.91. The summed E-state index contributed by atoms with van der Waals surface area (Å²) in [5.74, 6) is 0.581. The molecule has 5 heteroatoms. The quantitative estimate of drug-likeness (QED) is 0.746. The fraction of sp³-hybridized carbons (Fsp3) is 0.375. The highest BCUT2D eigenvalue weighted by molar-refractivity contribution is 5.98. The Morgan fingerprint density at radius 3 is 2.76 bits per heavy atom. The first kappa shape index (κ1) is 18.4. The Morgan fingerprint density at radius 1 is 1.07 bits per heavy atom. The monoisotopic (exact) mass is 389 g/mol. The SMILES string of the molecule is O=C(c1cc2ccccc2[nH]1)N1CC[C@@H]2COCCN(Cc3ccccc3)[C@@H]2C1. The highest BCUT2D eigenvalue weighted by Gasteiger charge is 2.37. The fourth-order valence-corrected chi connectivity index (χ4v) is 4.73. The molecule has 2 atom stereocenters. The molecule has 0 saturated carbocycles. The standard InChI is InChI=1S/C24H27N3O2/c28-24(22-14-19-8-4-5-9-21(19)25-22)27-11-10-20-17-29-13-12-26(23(20)16-27)15-18-6-2-1-3-7-18/h1-9,14,20,23,25H,10-13,15-17H2/t20-,23-/m1/s1. The molecule has 0 unspecified atom stereocenters. The predicted molar refractivity (Wildman–Crippen MR) is 114 cm³/mol. The molecule has 0 bridgehead atoms. The number of nitrogens with zero attached hydrogens (tertiary/aromatic N) is 2. The average Bonchev–Trinajstić information content (AvgIpc) is 3.10. The van der Waals surface area contributed by atoms with Crippen LogP contribution in [-0.2, 0) is 11.3 Å². The summed E-state index contributed by atoms with van der Waals surface area (Å²) in [6.07, 6.45) is 0.988. The van der Waals surface area contributed by atoms with E-state index in [0.29, 0.717) is 17.7 Å². The van der Waals surface area contributed by atoms with Crippen LogP contribution < -0.4 is 0 Å². The molecule has 0 spiro atoms. The van der Waals surface area contributed by atoms with E-state index in [1.165, 1.54) is 5.56 Å². The van der Waals surface area contributed by atoms with E-state index in [9.17, 15) is 4.79 Å². The molecule has 2 aliphatic heterocycles. The molecule has 2 aliphatic rings. The minimum atomic E-state index is 0.101. The molecule has 0 radical (unpaired) electrons. The van der Waals surface area contributed by atoms with Crippen LogP contribution in [0.25, 0.3) is 10.9 Å². The lowest BCUT2D eigenvalue weighted by atomic mass is 9.90. The van der Waals surface area contributed by atoms with Crippen LogP contribution in [0.5, 0.6) is 0 Å². The highest BCUT2D eigenvalue weighted by Crippen LogP contribution is 2.28. The third-order valence-electron chi connectivity index (χ3n) is 6.32. The number of hydrogen-bond donors (Lipinski definition) is 1. The van der Waals surface area contributed by atoms with Crippen LogP contribution in [-0.4, -0.2) is 59.6 Å². The Hall–Kier alpha value is -2.63. The van der Waals surface area contributed by atoms with Crippen LogP contribution in [0.4, 0.5) is 0 Å². The van der Waals surface area contributed by atoms with Crippen LogP contribution in [0.3, 0.4) is 0 Å². The zero-order valence-electron chi connectivity index (χ0n) is 16.6. The zero-order chi connectivity index (χ0) is 19.6. The van der Waals surface area contributed by atoms with Gasteiger partial charge in [-0.15, -0.1) is 0 Å². The van der Waals surface area contributed by atoms with Gasteiger partial charge in [0.1, 0.15) is 5.69 Å². The maximum atomic E-state index is 13.2. The number of benzene rings is 2. The van der Waals surface area contributed by atoms with Gasteiger partial charge in [-0.3, -0.25) is 9.69 Å². The number of aromatic nitrogens is 1. The summed E-state index contributed by atoms with van der Waals surface area (Å²) in [6, 6.07) is 21.0. The van der Waals surface area contributed by atoms with Crippen LogP contribution in [0.1, 0.15) is 22.5 Å². The van der Waals surface area contributed by atoms with Crippen LogP contribution in [0.2, 0.25) is 0 Å². The van der Waals surface area contributed by atoms with E-state index < -0.39 is 0 Å². The van der Waals surface area contributed by atoms with Gasteiger partial charge in [0.15, 0.2) is 0 Å². The number of likely N-dealkylation sites (tertiary alicyclic amines) is 1. The lowest BCUT2D eigenvalue weighted by Crippen LogP contribution is -2.54. The first-order chi connectivity index (χ1) is 14.3. The Bertz CT molecular complexity index is 951. The number of rotatable bonds is 3. The number of piperidine rings is 1. The third kappa shape index (κ3) is 3.80. The summed E-state index contributed by atoms with van der Waals surface area (Å²) in [5.41, 5.74) is 3.01. The van der Waals surface area contributed by atoms with Crippen molar-refractivity contribution < 1.29 is 9.53 Å². The minimum Gasteiger partial charge on any atom is -0.380 e. The van der Waals surface area contributed by atoms with Crippen molar-refractivity contribution in [2.45, 2.75) is 19.0 Å². The van der Waals surface area contributed by atoms with Gasteiger partial charge in [-0.1, -0.05) is 48.5 Å². The largest absolute Gasteiger partial charge is 0.380 e. The van der Waals surface area contributed by atoms with Crippen molar-refractivity contribution in [3.8, 4) is 0 Å². The smallest absolute Gasteiger partial charge is 0.270 e. The topological polar surface area (TPSA) is 48.6 Å². The zero-order valence-corrected chi connectivity index (χ0v) is 16.6. The molecule has 5 rings (SSSR count). The lowest BCUT2D eigenvalue weighted by Gasteiger charge is -2.42. The van der Waals surface area contributed by atoms with Crippen LogP contribution in [0.15, 0.2) is 60.7 Å². The van der Waals surface area contributed by atoms with Crippen molar-refractivity contribution in [1.29, 1.82) is 0 Å². The minimum absolute atomic E-state index is 0.101. The number of amides is 1. The second-order valence-corrected chi connectivity index (χ2v) is 8.17. The van der Waals surface area contributed by atoms with Crippen molar-refractivity contribution >= 4 is 16.8 Å². The Kier molecular flexibility index (Phi) is 5.08. The first-order valence-corrected chi connectivity index (χ1v) is 10.5. The van der Waals surface area contributed by atoms with Crippen LogP contribution >= 0.6 is 0 Å². The normalized spacial score (nSPS) is 23.0. The molecule has 2 aromatic carbocycles. The molecule has 1 N–H and O–H groups in total. The number of para-hydroxylation sites is 1. The number of carbonyl (C=O) groups is 1. The Labute approximate surface area is 171 Å². The number of nitrogens with one attached hydrogen (secondary N) is 1. The van der Waals surface area contributed by atoms with E-state index in [1.54, 1.807) is 0 Å². The molecule has 1 amide bonds. The molecule has 29 heavy (non-hydrogen) atoms. The van der Waals surface area contributed by atoms with Crippen molar-refractivity contribution in [3.05, 3.63) is 71.9 Å². The second-order valence-electron chi connectivity index (χ2n) is 8.17. The number of hydrogen-bond acceptors (Lipinski definition) is 3. The van der Waals surface area contributed by atoms with Gasteiger partial charge in [-0.25, -0.2) is 0 Å². The van der Waals surface area contributed by atoms with Gasteiger partial charge in [-0.05, 0) is 24.1 Å². The lowest BCUT2D eigenvalue weighted by molar-refractivity contribution is 0.0367. The molecule has 3 aromatic rings. The van der Waals surface area contributed by atoms with Gasteiger partial charge < -0.3 is 14.6 Å². The van der Waals surface area contributed by atoms with Crippen molar-refractivity contribution in [2.75, 3.05) is 32.8 Å². The van der Waals surface area contributed by atoms with Crippen LogP contribution in [0, 0.1) is 5.92 Å². The van der Waals surface area contributed by atoms with Gasteiger partial charge in [0.25, 0.3) is 5.91 Å². The maximum absolute atomic E-state index is 13.2. The third-order valence-corrected chi connectivity index (χ3v) is 6.32. The molecule has 1 aromatic heterocycles. The number of carbonyl (C=O) groups excluding carboxylic acids is 1. The number of fused-ring (bicyclic) bond motifs is 2. The summed E-state index contributed by atoms with van der Waals surface area (Å²) in [7, 11) is 0. The Balaban J connectivity index is 1.36. The first-order valence-electron chi connectivity index (χ1n) is 10.5. The van der Waals surface area contributed by atoms with Crippen molar-refractivity contribution in [2.24, 2.45) is 5.92 Å². The molecular weight excluding hydrogens is 362 g/mol. The molecule has 2 saturated heterocycles. The number of aromatic amines is 1. The molecule has 3 heterocycles.